The van der Waals surface area contributed by atoms with Gasteiger partial charge < -0.3 is 4.74 Å². The second-order valence-corrected chi connectivity index (χ2v) is 6.26. The van der Waals surface area contributed by atoms with Crippen molar-refractivity contribution in [3.05, 3.63) is 40.9 Å². The monoisotopic (exact) mass is 317 g/mol. The van der Waals surface area contributed by atoms with Gasteiger partial charge in [-0.15, -0.1) is 10.2 Å². The van der Waals surface area contributed by atoms with Gasteiger partial charge in [-0.3, -0.25) is 10.1 Å². The topological polar surface area (TPSA) is 64.1 Å². The zero-order valence-electron chi connectivity index (χ0n) is 12.9. The van der Waals surface area contributed by atoms with E-state index in [0.717, 1.165) is 22.7 Å². The van der Waals surface area contributed by atoms with Crippen LogP contribution in [0, 0.1) is 5.92 Å². The van der Waals surface area contributed by atoms with Gasteiger partial charge in [-0.25, -0.2) is 0 Å². The Balaban J connectivity index is 1.91. The predicted molar refractivity (Wildman–Crippen MR) is 89.1 cm³/mol. The molecule has 0 saturated heterocycles. The van der Waals surface area contributed by atoms with Gasteiger partial charge in [0.1, 0.15) is 10.8 Å². The molecule has 1 aromatic heterocycles. The van der Waals surface area contributed by atoms with Crippen LogP contribution in [0.1, 0.15) is 24.4 Å². The summed E-state index contributed by atoms with van der Waals surface area (Å²) in [4.78, 5) is 11.9. The second-order valence-electron chi connectivity index (χ2n) is 5.19. The number of anilines is 1. The van der Waals surface area contributed by atoms with Crippen molar-refractivity contribution < 1.29 is 9.53 Å². The molecule has 2 rings (SSSR count). The zero-order valence-corrected chi connectivity index (χ0v) is 13.7. The minimum Gasteiger partial charge on any atom is -0.497 e. The molecule has 0 saturated carbocycles. The van der Waals surface area contributed by atoms with Crippen LogP contribution in [0.25, 0.3) is 6.08 Å². The minimum absolute atomic E-state index is 0.219. The summed E-state index contributed by atoms with van der Waals surface area (Å²) < 4.78 is 5.09. The molecule has 2 aromatic rings. The smallest absolute Gasteiger partial charge is 0.250 e. The van der Waals surface area contributed by atoms with Gasteiger partial charge in [-0.05, 0) is 29.7 Å². The van der Waals surface area contributed by atoms with E-state index in [2.05, 4.69) is 29.4 Å². The van der Waals surface area contributed by atoms with Crippen LogP contribution in [0.4, 0.5) is 5.13 Å². The van der Waals surface area contributed by atoms with E-state index in [0.29, 0.717) is 11.0 Å². The van der Waals surface area contributed by atoms with Gasteiger partial charge in [0, 0.05) is 12.5 Å². The molecule has 0 atom stereocenters. The van der Waals surface area contributed by atoms with E-state index in [9.17, 15) is 4.79 Å². The summed E-state index contributed by atoms with van der Waals surface area (Å²) >= 11 is 1.41. The first-order chi connectivity index (χ1) is 10.6. The van der Waals surface area contributed by atoms with Crippen LogP contribution in [0.3, 0.4) is 0 Å². The molecule has 1 heterocycles. The van der Waals surface area contributed by atoms with Crippen LogP contribution < -0.4 is 10.1 Å². The number of amides is 1. The predicted octanol–water partition coefficient (Wildman–Crippen LogP) is 3.40. The molecule has 6 heteroatoms. The number of ether oxygens (including phenoxy) is 1. The fourth-order valence-corrected chi connectivity index (χ4v) is 2.72. The lowest BCUT2D eigenvalue weighted by molar-refractivity contribution is -0.111. The molecule has 0 aliphatic carbocycles. The Kier molecular flexibility index (Phi) is 5.66. The van der Waals surface area contributed by atoms with Gasteiger partial charge in [0.2, 0.25) is 11.0 Å². The minimum atomic E-state index is -0.219. The molecule has 0 spiro atoms. The zero-order chi connectivity index (χ0) is 15.9. The Labute approximate surface area is 134 Å². The molecule has 0 radical (unpaired) electrons. The SMILES string of the molecule is COc1ccc(/C=C/C(=O)Nc2nnc(CC(C)C)s2)cc1. The molecule has 1 aromatic carbocycles. The first-order valence-corrected chi connectivity index (χ1v) is 7.84. The standard InChI is InChI=1S/C16H19N3O2S/c1-11(2)10-15-18-19-16(22-15)17-14(20)9-6-12-4-7-13(21-3)8-5-12/h4-9,11H,10H2,1-3H3,(H,17,19,20)/b9-6+. The Morgan fingerprint density at radius 3 is 2.68 bits per heavy atom. The molecular weight excluding hydrogens is 298 g/mol. The van der Waals surface area contributed by atoms with E-state index in [1.54, 1.807) is 13.2 Å². The maximum absolute atomic E-state index is 11.9. The molecule has 1 amide bonds. The number of hydrogen-bond donors (Lipinski definition) is 1. The molecule has 0 aliphatic rings. The number of aromatic nitrogens is 2. The highest BCUT2D eigenvalue weighted by molar-refractivity contribution is 7.15. The third-order valence-electron chi connectivity index (χ3n) is 2.82. The van der Waals surface area contributed by atoms with Gasteiger partial charge in [0.05, 0.1) is 7.11 Å². The second kappa shape index (κ2) is 7.70. The Morgan fingerprint density at radius 1 is 1.32 bits per heavy atom. The van der Waals surface area contributed by atoms with E-state index in [1.165, 1.54) is 17.4 Å². The van der Waals surface area contributed by atoms with E-state index in [1.807, 2.05) is 24.3 Å². The average molecular weight is 317 g/mol. The number of hydrogen-bond acceptors (Lipinski definition) is 5. The molecule has 116 valence electrons. The van der Waals surface area contributed by atoms with Crippen LogP contribution in [-0.4, -0.2) is 23.2 Å². The summed E-state index contributed by atoms with van der Waals surface area (Å²) in [7, 11) is 1.62. The van der Waals surface area contributed by atoms with Crippen LogP contribution >= 0.6 is 11.3 Å². The van der Waals surface area contributed by atoms with Crippen molar-refractivity contribution in [3.63, 3.8) is 0 Å². The van der Waals surface area contributed by atoms with Crippen LogP contribution in [0.5, 0.6) is 5.75 Å². The first-order valence-electron chi connectivity index (χ1n) is 7.02. The summed E-state index contributed by atoms with van der Waals surface area (Å²) in [5.41, 5.74) is 0.925. The van der Waals surface area contributed by atoms with E-state index in [4.69, 9.17) is 4.74 Å². The van der Waals surface area contributed by atoms with Gasteiger partial charge in [-0.2, -0.15) is 0 Å². The molecule has 0 aliphatic heterocycles. The highest BCUT2D eigenvalue weighted by Gasteiger charge is 2.07. The molecule has 22 heavy (non-hydrogen) atoms. The quantitative estimate of drug-likeness (QED) is 0.829. The van der Waals surface area contributed by atoms with Gasteiger partial charge in [0.25, 0.3) is 0 Å². The summed E-state index contributed by atoms with van der Waals surface area (Å²) in [5, 5.41) is 12.2. The fraction of sp³-hybridized carbons (Fsp3) is 0.312. The van der Waals surface area contributed by atoms with Crippen molar-refractivity contribution in [2.24, 2.45) is 5.92 Å². The van der Waals surface area contributed by atoms with Crippen molar-refractivity contribution in [1.82, 2.24) is 10.2 Å². The Hall–Kier alpha value is -2.21. The average Bonchev–Trinajstić information content (AvgIpc) is 2.92. The molecule has 1 N–H and O–H groups in total. The van der Waals surface area contributed by atoms with E-state index < -0.39 is 0 Å². The first kappa shape index (κ1) is 16.2. The lowest BCUT2D eigenvalue weighted by Gasteiger charge is -1.99. The van der Waals surface area contributed by atoms with E-state index >= 15 is 0 Å². The van der Waals surface area contributed by atoms with Crippen molar-refractivity contribution in [2.75, 3.05) is 12.4 Å². The fourth-order valence-electron chi connectivity index (χ4n) is 1.77. The van der Waals surface area contributed by atoms with Crippen LogP contribution in [-0.2, 0) is 11.2 Å². The summed E-state index contributed by atoms with van der Waals surface area (Å²) in [6.45, 7) is 4.24. The number of carbonyl (C=O) groups is 1. The number of nitrogens with zero attached hydrogens (tertiary/aromatic N) is 2. The third-order valence-corrected chi connectivity index (χ3v) is 3.68. The Bertz CT molecular complexity index is 648. The summed E-state index contributed by atoms with van der Waals surface area (Å²) in [5.74, 6) is 1.09. The van der Waals surface area contributed by atoms with Crippen molar-refractivity contribution in [1.29, 1.82) is 0 Å². The van der Waals surface area contributed by atoms with E-state index in [-0.39, 0.29) is 5.91 Å². The van der Waals surface area contributed by atoms with Crippen molar-refractivity contribution in [2.45, 2.75) is 20.3 Å². The summed E-state index contributed by atoms with van der Waals surface area (Å²) in [6, 6.07) is 7.46. The Morgan fingerprint density at radius 2 is 2.05 bits per heavy atom. The highest BCUT2D eigenvalue weighted by atomic mass is 32.1. The van der Waals surface area contributed by atoms with Gasteiger partial charge in [0.15, 0.2) is 0 Å². The largest absolute Gasteiger partial charge is 0.497 e. The lowest BCUT2D eigenvalue weighted by atomic mass is 10.1. The number of carbonyl (C=O) groups excluding carboxylic acids is 1. The number of nitrogens with one attached hydrogen (secondary N) is 1. The number of rotatable bonds is 6. The van der Waals surface area contributed by atoms with Crippen LogP contribution in [0.15, 0.2) is 30.3 Å². The molecule has 5 nitrogen and oxygen atoms in total. The van der Waals surface area contributed by atoms with Gasteiger partial charge in [-0.1, -0.05) is 37.3 Å². The molecule has 0 fully saturated rings. The molecule has 0 bridgehead atoms. The summed E-state index contributed by atoms with van der Waals surface area (Å²) in [6.07, 6.45) is 4.09. The molecular formula is C16H19N3O2S. The number of methoxy groups -OCH3 is 1. The maximum atomic E-state index is 11.9. The highest BCUT2D eigenvalue weighted by Crippen LogP contribution is 2.18. The van der Waals surface area contributed by atoms with Crippen molar-refractivity contribution >= 4 is 28.5 Å². The third kappa shape index (κ3) is 4.96. The normalized spacial score (nSPS) is 11.1. The van der Waals surface area contributed by atoms with Crippen LogP contribution in [0.2, 0.25) is 0 Å². The molecule has 0 unspecified atom stereocenters. The number of benzene rings is 1. The van der Waals surface area contributed by atoms with Crippen molar-refractivity contribution in [3.8, 4) is 5.75 Å². The van der Waals surface area contributed by atoms with Gasteiger partial charge >= 0.3 is 0 Å². The maximum Gasteiger partial charge on any atom is 0.250 e. The lowest BCUT2D eigenvalue weighted by Crippen LogP contribution is -2.07.